The van der Waals surface area contributed by atoms with Crippen molar-refractivity contribution in [3.8, 4) is 0 Å². The summed E-state index contributed by atoms with van der Waals surface area (Å²) in [5.41, 5.74) is 3.02. The van der Waals surface area contributed by atoms with Crippen LogP contribution >= 0.6 is 11.8 Å². The number of carbonyl (C=O) groups is 1. The summed E-state index contributed by atoms with van der Waals surface area (Å²) in [4.78, 5) is 12.8. The Morgan fingerprint density at radius 3 is 2.53 bits per heavy atom. The van der Waals surface area contributed by atoms with E-state index in [0.29, 0.717) is 5.69 Å². The van der Waals surface area contributed by atoms with Gasteiger partial charge in [-0.25, -0.2) is 4.79 Å². The molecule has 0 aliphatic rings. The Bertz CT molecular complexity index is 611. The van der Waals surface area contributed by atoms with Crippen LogP contribution < -0.4 is 5.32 Å². The number of anilines is 1. The molecule has 2 aromatic rings. The predicted octanol–water partition coefficient (Wildman–Crippen LogP) is 4.54. The minimum atomic E-state index is -1.05. The fourth-order valence-electron chi connectivity index (χ4n) is 1.81. The highest BCUT2D eigenvalue weighted by atomic mass is 32.2. The van der Waals surface area contributed by atoms with Crippen LogP contribution in [0.2, 0.25) is 0 Å². The van der Waals surface area contributed by atoms with Gasteiger partial charge in [0.15, 0.2) is 0 Å². The van der Waals surface area contributed by atoms with Crippen molar-refractivity contribution in [2.75, 3.05) is 5.32 Å². The minimum Gasteiger partial charge on any atom is -0.465 e. The Hall–Kier alpha value is -1.94. The zero-order valence-electron chi connectivity index (χ0n) is 10.8. The van der Waals surface area contributed by atoms with Crippen LogP contribution in [0.3, 0.4) is 0 Å². The molecule has 0 spiro atoms. The second-order valence-electron chi connectivity index (χ2n) is 4.30. The molecule has 0 aliphatic carbocycles. The lowest BCUT2D eigenvalue weighted by atomic mass is 10.2. The van der Waals surface area contributed by atoms with Crippen LogP contribution in [0.1, 0.15) is 11.1 Å². The number of benzene rings is 2. The topological polar surface area (TPSA) is 49.3 Å². The van der Waals surface area contributed by atoms with E-state index in [0.717, 1.165) is 9.79 Å². The Balaban J connectivity index is 2.30. The van der Waals surface area contributed by atoms with Crippen LogP contribution in [-0.2, 0) is 0 Å². The fraction of sp³-hybridized carbons (Fsp3) is 0.133. The molecule has 4 heteroatoms. The number of amides is 1. The molecule has 0 heterocycles. The number of rotatable bonds is 3. The van der Waals surface area contributed by atoms with Crippen LogP contribution in [0.5, 0.6) is 0 Å². The summed E-state index contributed by atoms with van der Waals surface area (Å²) in [5, 5.41) is 11.2. The average molecular weight is 273 g/mol. The van der Waals surface area contributed by atoms with E-state index in [1.165, 1.54) is 11.1 Å². The lowest BCUT2D eigenvalue weighted by Gasteiger charge is -2.10. The summed E-state index contributed by atoms with van der Waals surface area (Å²) in [6.45, 7) is 4.12. The maximum absolute atomic E-state index is 10.8. The lowest BCUT2D eigenvalue weighted by molar-refractivity contribution is 0.209. The van der Waals surface area contributed by atoms with Gasteiger partial charge in [0.05, 0.1) is 5.69 Å². The molecule has 2 aromatic carbocycles. The van der Waals surface area contributed by atoms with Crippen molar-refractivity contribution in [1.29, 1.82) is 0 Å². The van der Waals surface area contributed by atoms with E-state index < -0.39 is 6.09 Å². The highest BCUT2D eigenvalue weighted by Gasteiger charge is 2.08. The summed E-state index contributed by atoms with van der Waals surface area (Å²) in [6.07, 6.45) is -1.05. The van der Waals surface area contributed by atoms with E-state index in [9.17, 15) is 4.79 Å². The predicted molar refractivity (Wildman–Crippen MR) is 78.1 cm³/mol. The summed E-state index contributed by atoms with van der Waals surface area (Å²) in [5.74, 6) is 0. The van der Waals surface area contributed by atoms with Gasteiger partial charge >= 0.3 is 6.09 Å². The number of hydrogen-bond donors (Lipinski definition) is 2. The molecule has 0 atom stereocenters. The molecule has 0 bridgehead atoms. The maximum atomic E-state index is 10.8. The third-order valence-corrected chi connectivity index (χ3v) is 3.93. The zero-order valence-corrected chi connectivity index (χ0v) is 11.6. The van der Waals surface area contributed by atoms with Gasteiger partial charge in [0.2, 0.25) is 0 Å². The van der Waals surface area contributed by atoms with Crippen molar-refractivity contribution >= 4 is 23.5 Å². The highest BCUT2D eigenvalue weighted by Crippen LogP contribution is 2.35. The van der Waals surface area contributed by atoms with Gasteiger partial charge in [-0.15, -0.1) is 0 Å². The standard InChI is InChI=1S/C15H15NO2S/c1-10-7-8-13(11(2)9-10)19-14-6-4-3-5-12(14)16-15(17)18/h3-9,16H,1-2H3,(H,17,18). The van der Waals surface area contributed by atoms with Gasteiger partial charge in [-0.05, 0) is 37.6 Å². The molecule has 0 aliphatic heterocycles. The van der Waals surface area contributed by atoms with Gasteiger partial charge in [0.1, 0.15) is 0 Å². The summed E-state index contributed by atoms with van der Waals surface area (Å²) < 4.78 is 0. The van der Waals surface area contributed by atoms with Gasteiger partial charge in [-0.1, -0.05) is 41.6 Å². The van der Waals surface area contributed by atoms with Crippen molar-refractivity contribution < 1.29 is 9.90 Å². The van der Waals surface area contributed by atoms with Crippen molar-refractivity contribution in [3.63, 3.8) is 0 Å². The number of nitrogens with one attached hydrogen (secondary N) is 1. The van der Waals surface area contributed by atoms with E-state index in [4.69, 9.17) is 5.11 Å². The summed E-state index contributed by atoms with van der Waals surface area (Å²) in [7, 11) is 0. The van der Waals surface area contributed by atoms with Crippen LogP contribution in [0.15, 0.2) is 52.3 Å². The van der Waals surface area contributed by atoms with Crippen LogP contribution in [0, 0.1) is 13.8 Å². The van der Waals surface area contributed by atoms with Gasteiger partial charge < -0.3 is 5.11 Å². The molecule has 0 aromatic heterocycles. The average Bonchev–Trinajstić information content (AvgIpc) is 2.34. The van der Waals surface area contributed by atoms with Crippen molar-refractivity contribution in [2.24, 2.45) is 0 Å². The second kappa shape index (κ2) is 5.80. The Morgan fingerprint density at radius 1 is 1.11 bits per heavy atom. The summed E-state index contributed by atoms with van der Waals surface area (Å²) in [6, 6.07) is 13.6. The van der Waals surface area contributed by atoms with Gasteiger partial charge in [0, 0.05) is 9.79 Å². The molecule has 2 rings (SSSR count). The third kappa shape index (κ3) is 3.51. The van der Waals surface area contributed by atoms with Crippen molar-refractivity contribution in [2.45, 2.75) is 23.6 Å². The minimum absolute atomic E-state index is 0.611. The number of carboxylic acid groups (broad SMARTS) is 1. The van der Waals surface area contributed by atoms with Crippen LogP contribution in [0.25, 0.3) is 0 Å². The van der Waals surface area contributed by atoms with E-state index in [1.807, 2.05) is 18.2 Å². The van der Waals surface area contributed by atoms with E-state index in [1.54, 1.807) is 17.8 Å². The third-order valence-electron chi connectivity index (χ3n) is 2.68. The smallest absolute Gasteiger partial charge is 0.409 e. The van der Waals surface area contributed by atoms with E-state index in [2.05, 4.69) is 37.4 Å². The monoisotopic (exact) mass is 273 g/mol. The second-order valence-corrected chi connectivity index (χ2v) is 5.38. The van der Waals surface area contributed by atoms with E-state index >= 15 is 0 Å². The van der Waals surface area contributed by atoms with Crippen LogP contribution in [-0.4, -0.2) is 11.2 Å². The first-order chi connectivity index (χ1) is 9.06. The molecule has 0 unspecified atom stereocenters. The fourth-order valence-corrected chi connectivity index (χ4v) is 2.77. The Labute approximate surface area is 116 Å². The highest BCUT2D eigenvalue weighted by molar-refractivity contribution is 7.99. The molecular weight excluding hydrogens is 258 g/mol. The first-order valence-electron chi connectivity index (χ1n) is 5.90. The van der Waals surface area contributed by atoms with Gasteiger partial charge in [0.25, 0.3) is 0 Å². The van der Waals surface area contributed by atoms with Crippen LogP contribution in [0.4, 0.5) is 10.5 Å². The number of para-hydroxylation sites is 1. The first kappa shape index (κ1) is 13.5. The SMILES string of the molecule is Cc1ccc(Sc2ccccc2NC(=O)O)c(C)c1. The largest absolute Gasteiger partial charge is 0.465 e. The van der Waals surface area contributed by atoms with E-state index in [-0.39, 0.29) is 0 Å². The quantitative estimate of drug-likeness (QED) is 0.862. The molecule has 2 N–H and O–H groups in total. The molecule has 3 nitrogen and oxygen atoms in total. The normalized spacial score (nSPS) is 10.2. The Kier molecular flexibility index (Phi) is 4.12. The molecule has 0 radical (unpaired) electrons. The lowest BCUT2D eigenvalue weighted by Crippen LogP contribution is -2.07. The van der Waals surface area contributed by atoms with Crippen molar-refractivity contribution in [1.82, 2.24) is 0 Å². The molecule has 98 valence electrons. The zero-order chi connectivity index (χ0) is 13.8. The van der Waals surface area contributed by atoms with Gasteiger partial charge in [-0.2, -0.15) is 0 Å². The molecule has 0 saturated heterocycles. The van der Waals surface area contributed by atoms with Gasteiger partial charge in [-0.3, -0.25) is 5.32 Å². The first-order valence-corrected chi connectivity index (χ1v) is 6.72. The number of hydrogen-bond acceptors (Lipinski definition) is 2. The number of aryl methyl sites for hydroxylation is 2. The summed E-state index contributed by atoms with van der Waals surface area (Å²) >= 11 is 1.57. The molecule has 1 amide bonds. The van der Waals surface area contributed by atoms with Crippen molar-refractivity contribution in [3.05, 3.63) is 53.6 Å². The molecule has 0 fully saturated rings. The Morgan fingerprint density at radius 2 is 1.84 bits per heavy atom. The molecular formula is C15H15NO2S. The molecule has 0 saturated carbocycles. The molecule has 19 heavy (non-hydrogen) atoms. The maximum Gasteiger partial charge on any atom is 0.409 e.